The third-order valence-electron chi connectivity index (χ3n) is 3.63. The van der Waals surface area contributed by atoms with Crippen LogP contribution in [0.4, 0.5) is 0 Å². The van der Waals surface area contributed by atoms with Gasteiger partial charge in [-0.15, -0.1) is 0 Å². The maximum absolute atomic E-state index is 12.1. The average molecular weight is 360 g/mol. The first kappa shape index (κ1) is 15.8. The van der Waals surface area contributed by atoms with Gasteiger partial charge in [0.15, 0.2) is 0 Å². The van der Waals surface area contributed by atoms with Gasteiger partial charge in [-0.2, -0.15) is 0 Å². The van der Waals surface area contributed by atoms with Crippen LogP contribution in [0.15, 0.2) is 22.7 Å². The van der Waals surface area contributed by atoms with E-state index in [2.05, 4.69) is 33.1 Å². The Bertz CT molecular complexity index is 481. The van der Waals surface area contributed by atoms with Crippen molar-refractivity contribution in [1.82, 2.24) is 10.2 Å². The topological polar surface area (TPSA) is 32.3 Å². The van der Waals surface area contributed by atoms with Crippen LogP contribution in [0.3, 0.4) is 0 Å². The van der Waals surface area contributed by atoms with Crippen molar-refractivity contribution in [3.63, 3.8) is 0 Å². The van der Waals surface area contributed by atoms with E-state index < -0.39 is 0 Å². The molecular weight excluding hydrogens is 340 g/mol. The molecule has 110 valence electrons. The van der Waals surface area contributed by atoms with Crippen molar-refractivity contribution in [2.45, 2.75) is 19.8 Å². The summed E-state index contributed by atoms with van der Waals surface area (Å²) in [6, 6.07) is 5.31. The fourth-order valence-corrected chi connectivity index (χ4v) is 3.15. The largest absolute Gasteiger partial charge is 0.351 e. The Morgan fingerprint density at radius 3 is 3.10 bits per heavy atom. The van der Waals surface area contributed by atoms with E-state index in [9.17, 15) is 4.79 Å². The molecule has 1 aliphatic heterocycles. The molecule has 2 rings (SSSR count). The van der Waals surface area contributed by atoms with Crippen LogP contribution in [0, 0.1) is 5.92 Å². The van der Waals surface area contributed by atoms with E-state index in [1.165, 1.54) is 12.8 Å². The second kappa shape index (κ2) is 7.43. The minimum Gasteiger partial charge on any atom is -0.351 e. The Morgan fingerprint density at radius 2 is 2.35 bits per heavy atom. The molecule has 1 aliphatic rings. The molecule has 0 unspecified atom stereocenters. The van der Waals surface area contributed by atoms with Crippen LogP contribution in [-0.2, 0) is 0 Å². The molecule has 0 saturated carbocycles. The van der Waals surface area contributed by atoms with E-state index in [1.54, 1.807) is 12.1 Å². The molecule has 1 aromatic carbocycles. The first-order valence-electron chi connectivity index (χ1n) is 7.02. The molecule has 1 saturated heterocycles. The molecule has 1 atom stereocenters. The zero-order valence-corrected chi connectivity index (χ0v) is 14.0. The van der Waals surface area contributed by atoms with Gasteiger partial charge in [0.05, 0.1) is 10.6 Å². The smallest absolute Gasteiger partial charge is 0.252 e. The number of likely N-dealkylation sites (tertiary alicyclic amines) is 1. The van der Waals surface area contributed by atoms with Gasteiger partial charge in [-0.25, -0.2) is 0 Å². The van der Waals surface area contributed by atoms with E-state index in [0.29, 0.717) is 17.1 Å². The second-order valence-corrected chi connectivity index (χ2v) is 6.75. The number of piperidine rings is 1. The number of hydrogen-bond acceptors (Lipinski definition) is 2. The predicted molar refractivity (Wildman–Crippen MR) is 86.3 cm³/mol. The lowest BCUT2D eigenvalue weighted by atomic mass is 10.0. The Morgan fingerprint density at radius 1 is 1.55 bits per heavy atom. The Balaban J connectivity index is 1.81. The van der Waals surface area contributed by atoms with E-state index >= 15 is 0 Å². The number of nitrogens with zero attached hydrogens (tertiary/aromatic N) is 1. The molecule has 1 aromatic rings. The zero-order valence-electron chi connectivity index (χ0n) is 11.7. The minimum atomic E-state index is -0.110. The Labute approximate surface area is 133 Å². The van der Waals surface area contributed by atoms with Gasteiger partial charge >= 0.3 is 0 Å². The van der Waals surface area contributed by atoms with Crippen LogP contribution in [0.25, 0.3) is 0 Å². The maximum Gasteiger partial charge on any atom is 0.252 e. The summed E-state index contributed by atoms with van der Waals surface area (Å²) >= 11 is 9.40. The molecule has 0 spiro atoms. The van der Waals surface area contributed by atoms with Gasteiger partial charge in [0, 0.05) is 24.1 Å². The predicted octanol–water partition coefficient (Wildman–Crippen LogP) is 3.56. The summed E-state index contributed by atoms with van der Waals surface area (Å²) in [6.07, 6.45) is 2.57. The van der Waals surface area contributed by atoms with Crippen LogP contribution >= 0.6 is 27.5 Å². The molecule has 0 aliphatic carbocycles. The minimum absolute atomic E-state index is 0.110. The van der Waals surface area contributed by atoms with Gasteiger partial charge < -0.3 is 10.2 Å². The molecule has 0 aromatic heterocycles. The lowest BCUT2D eigenvalue weighted by Crippen LogP contribution is -2.40. The molecule has 3 nitrogen and oxygen atoms in total. The normalized spacial score (nSPS) is 19.9. The summed E-state index contributed by atoms with van der Waals surface area (Å²) in [5.74, 6) is 0.653. The first-order chi connectivity index (χ1) is 9.56. The number of rotatable bonds is 4. The van der Waals surface area contributed by atoms with Crippen molar-refractivity contribution in [2.75, 3.05) is 26.2 Å². The fourth-order valence-electron chi connectivity index (χ4n) is 2.58. The fraction of sp³-hybridized carbons (Fsp3) is 0.533. The number of amides is 1. The summed E-state index contributed by atoms with van der Waals surface area (Å²) in [4.78, 5) is 14.5. The van der Waals surface area contributed by atoms with Crippen LogP contribution in [0.5, 0.6) is 0 Å². The van der Waals surface area contributed by atoms with Crippen molar-refractivity contribution in [1.29, 1.82) is 0 Å². The second-order valence-electron chi connectivity index (χ2n) is 5.43. The number of carbonyl (C=O) groups excluding carboxylic acids is 1. The molecular formula is C15H20BrClN2O. The molecule has 20 heavy (non-hydrogen) atoms. The van der Waals surface area contributed by atoms with Gasteiger partial charge in [-0.1, -0.05) is 34.5 Å². The zero-order chi connectivity index (χ0) is 14.5. The lowest BCUT2D eigenvalue weighted by Gasteiger charge is -2.30. The molecule has 1 heterocycles. The van der Waals surface area contributed by atoms with Crippen molar-refractivity contribution in [2.24, 2.45) is 5.92 Å². The standard InChI is InChI=1S/C15H20BrClN2O/c1-11-3-2-7-19(10-11)8-6-18-15(20)13-9-12(16)4-5-14(13)17/h4-5,9,11H,2-3,6-8,10H2,1H3,(H,18,20)/t11-/m0/s1. The number of hydrogen-bond donors (Lipinski definition) is 1. The molecule has 0 radical (unpaired) electrons. The van der Waals surface area contributed by atoms with Crippen LogP contribution in [0.2, 0.25) is 5.02 Å². The molecule has 5 heteroatoms. The quantitative estimate of drug-likeness (QED) is 0.891. The lowest BCUT2D eigenvalue weighted by molar-refractivity contribution is 0.0944. The van der Waals surface area contributed by atoms with Crippen molar-refractivity contribution < 1.29 is 4.79 Å². The van der Waals surface area contributed by atoms with E-state index in [4.69, 9.17) is 11.6 Å². The highest BCUT2D eigenvalue weighted by atomic mass is 79.9. The van der Waals surface area contributed by atoms with E-state index in [-0.39, 0.29) is 5.91 Å². The van der Waals surface area contributed by atoms with Crippen molar-refractivity contribution >= 4 is 33.4 Å². The number of benzene rings is 1. The Kier molecular flexibility index (Phi) is 5.87. The van der Waals surface area contributed by atoms with E-state index in [0.717, 1.165) is 30.0 Å². The SMILES string of the molecule is C[C@H]1CCCN(CCNC(=O)c2cc(Br)ccc2Cl)C1. The van der Waals surface area contributed by atoms with Gasteiger partial charge in [-0.3, -0.25) is 4.79 Å². The Hall–Kier alpha value is -0.580. The number of nitrogens with one attached hydrogen (secondary N) is 1. The summed E-state index contributed by atoms with van der Waals surface area (Å²) < 4.78 is 0.858. The molecule has 1 fully saturated rings. The third-order valence-corrected chi connectivity index (χ3v) is 4.45. The monoisotopic (exact) mass is 358 g/mol. The summed E-state index contributed by atoms with van der Waals surface area (Å²) in [5, 5.41) is 3.43. The maximum atomic E-state index is 12.1. The van der Waals surface area contributed by atoms with Gasteiger partial charge in [-0.05, 0) is 43.5 Å². The van der Waals surface area contributed by atoms with Crippen molar-refractivity contribution in [3.05, 3.63) is 33.3 Å². The summed E-state index contributed by atoms with van der Waals surface area (Å²) in [7, 11) is 0. The summed E-state index contributed by atoms with van der Waals surface area (Å²) in [5.41, 5.74) is 0.521. The van der Waals surface area contributed by atoms with Crippen molar-refractivity contribution in [3.8, 4) is 0 Å². The third kappa shape index (κ3) is 4.47. The highest BCUT2D eigenvalue weighted by Crippen LogP contribution is 2.20. The molecule has 1 N–H and O–H groups in total. The van der Waals surface area contributed by atoms with Crippen LogP contribution in [-0.4, -0.2) is 37.0 Å². The molecule has 0 bridgehead atoms. The summed E-state index contributed by atoms with van der Waals surface area (Å²) in [6.45, 7) is 6.12. The van der Waals surface area contributed by atoms with E-state index in [1.807, 2.05) is 6.07 Å². The number of halogens is 2. The highest BCUT2D eigenvalue weighted by molar-refractivity contribution is 9.10. The van der Waals surface area contributed by atoms with Gasteiger partial charge in [0.25, 0.3) is 5.91 Å². The van der Waals surface area contributed by atoms with Crippen LogP contribution < -0.4 is 5.32 Å². The average Bonchev–Trinajstić information content (AvgIpc) is 2.41. The highest BCUT2D eigenvalue weighted by Gasteiger charge is 2.16. The first-order valence-corrected chi connectivity index (χ1v) is 8.19. The van der Waals surface area contributed by atoms with Gasteiger partial charge in [0.1, 0.15) is 0 Å². The van der Waals surface area contributed by atoms with Crippen LogP contribution in [0.1, 0.15) is 30.1 Å². The van der Waals surface area contributed by atoms with Gasteiger partial charge in [0.2, 0.25) is 0 Å². The molecule has 1 amide bonds. The number of carbonyl (C=O) groups is 1.